The number of halogens is 2. The molecule has 0 spiro atoms. The van der Waals surface area contributed by atoms with Gasteiger partial charge in [0.1, 0.15) is 5.15 Å². The number of rotatable bonds is 2. The number of benzene rings is 1. The number of pyridine rings is 1. The van der Waals surface area contributed by atoms with Crippen LogP contribution in [0.25, 0.3) is 10.8 Å². The summed E-state index contributed by atoms with van der Waals surface area (Å²) in [6.45, 7) is 2.10. The van der Waals surface area contributed by atoms with Gasteiger partial charge in [-0.25, -0.2) is 4.98 Å². The van der Waals surface area contributed by atoms with Gasteiger partial charge in [0.05, 0.1) is 0 Å². The molecule has 3 heteroatoms. The third-order valence-electron chi connectivity index (χ3n) is 2.24. The standard InChI is InChI=1S/C12H11BrClN/c1-8(13)6-10-7-9-4-2-3-5-11(9)12(14)15-10/h2-5,7-8H,6H2,1H3. The molecule has 1 aromatic carbocycles. The fraction of sp³-hybridized carbons (Fsp3) is 0.250. The molecule has 1 nitrogen and oxygen atoms in total. The van der Waals surface area contributed by atoms with Gasteiger partial charge in [-0.3, -0.25) is 0 Å². The molecule has 0 aliphatic carbocycles. The van der Waals surface area contributed by atoms with Gasteiger partial charge in [0.2, 0.25) is 0 Å². The molecule has 0 amide bonds. The predicted molar refractivity (Wildman–Crippen MR) is 68.8 cm³/mol. The average Bonchev–Trinajstić information content (AvgIpc) is 2.16. The highest BCUT2D eigenvalue weighted by Crippen LogP contribution is 2.23. The molecule has 78 valence electrons. The Labute approximate surface area is 103 Å². The lowest BCUT2D eigenvalue weighted by molar-refractivity contribution is 0.918. The van der Waals surface area contributed by atoms with E-state index < -0.39 is 0 Å². The van der Waals surface area contributed by atoms with E-state index in [4.69, 9.17) is 11.6 Å². The van der Waals surface area contributed by atoms with Crippen molar-refractivity contribution < 1.29 is 0 Å². The molecule has 1 unspecified atom stereocenters. The summed E-state index contributed by atoms with van der Waals surface area (Å²) in [7, 11) is 0. The Hall–Kier alpha value is -0.600. The summed E-state index contributed by atoms with van der Waals surface area (Å²) in [5, 5.41) is 2.77. The minimum atomic E-state index is 0.419. The zero-order valence-corrected chi connectivity index (χ0v) is 10.7. The van der Waals surface area contributed by atoms with Crippen LogP contribution in [0.15, 0.2) is 30.3 Å². The molecule has 0 bridgehead atoms. The minimum Gasteiger partial charge on any atom is -0.240 e. The Kier molecular flexibility index (Phi) is 3.27. The van der Waals surface area contributed by atoms with E-state index >= 15 is 0 Å². The van der Waals surface area contributed by atoms with Gasteiger partial charge in [-0.2, -0.15) is 0 Å². The summed E-state index contributed by atoms with van der Waals surface area (Å²) in [5.41, 5.74) is 1.03. The number of fused-ring (bicyclic) bond motifs is 1. The minimum absolute atomic E-state index is 0.419. The largest absolute Gasteiger partial charge is 0.240 e. The van der Waals surface area contributed by atoms with Gasteiger partial charge in [0, 0.05) is 22.3 Å². The van der Waals surface area contributed by atoms with Gasteiger partial charge < -0.3 is 0 Å². The highest BCUT2D eigenvalue weighted by atomic mass is 79.9. The van der Waals surface area contributed by atoms with E-state index in [9.17, 15) is 0 Å². The Bertz CT molecular complexity index is 482. The Morgan fingerprint density at radius 3 is 2.87 bits per heavy atom. The van der Waals surface area contributed by atoms with Gasteiger partial charge in [0.15, 0.2) is 0 Å². The maximum Gasteiger partial charge on any atom is 0.137 e. The van der Waals surface area contributed by atoms with Crippen molar-refractivity contribution in [3.05, 3.63) is 41.2 Å². The summed E-state index contributed by atoms with van der Waals surface area (Å²) < 4.78 is 0. The van der Waals surface area contributed by atoms with Crippen LogP contribution in [0.4, 0.5) is 0 Å². The summed E-state index contributed by atoms with van der Waals surface area (Å²) in [6.07, 6.45) is 0.893. The number of alkyl halides is 1. The van der Waals surface area contributed by atoms with Crippen LogP contribution in [0.1, 0.15) is 12.6 Å². The lowest BCUT2D eigenvalue weighted by Crippen LogP contribution is -1.99. The molecule has 2 aromatic rings. The zero-order valence-electron chi connectivity index (χ0n) is 8.37. The third kappa shape index (κ3) is 2.50. The van der Waals surface area contributed by atoms with Crippen molar-refractivity contribution in [3.8, 4) is 0 Å². The Balaban J connectivity index is 2.52. The molecule has 15 heavy (non-hydrogen) atoms. The first kappa shape index (κ1) is 10.9. The topological polar surface area (TPSA) is 12.9 Å². The molecule has 2 rings (SSSR count). The lowest BCUT2D eigenvalue weighted by atomic mass is 10.1. The first-order valence-corrected chi connectivity index (χ1v) is 6.14. The summed E-state index contributed by atoms with van der Waals surface area (Å²) in [6, 6.07) is 10.1. The first-order valence-electron chi connectivity index (χ1n) is 4.85. The lowest BCUT2D eigenvalue weighted by Gasteiger charge is -2.06. The average molecular weight is 285 g/mol. The van der Waals surface area contributed by atoms with E-state index in [0.29, 0.717) is 9.98 Å². The van der Waals surface area contributed by atoms with Crippen LogP contribution in [-0.2, 0) is 6.42 Å². The number of hydrogen-bond donors (Lipinski definition) is 0. The van der Waals surface area contributed by atoms with Crippen LogP contribution >= 0.6 is 27.5 Å². The molecule has 0 saturated carbocycles. The molecule has 0 fully saturated rings. The molecule has 0 N–H and O–H groups in total. The number of nitrogens with zero attached hydrogens (tertiary/aromatic N) is 1. The fourth-order valence-electron chi connectivity index (χ4n) is 1.60. The molecule has 1 atom stereocenters. The van der Waals surface area contributed by atoms with Crippen molar-refractivity contribution >= 4 is 38.3 Å². The van der Waals surface area contributed by atoms with Crippen LogP contribution in [-0.4, -0.2) is 9.81 Å². The second kappa shape index (κ2) is 4.50. The van der Waals surface area contributed by atoms with Crippen LogP contribution in [0.2, 0.25) is 5.15 Å². The van der Waals surface area contributed by atoms with E-state index in [-0.39, 0.29) is 0 Å². The van der Waals surface area contributed by atoms with Crippen molar-refractivity contribution in [3.63, 3.8) is 0 Å². The third-order valence-corrected chi connectivity index (χ3v) is 2.85. The van der Waals surface area contributed by atoms with Gasteiger partial charge in [-0.15, -0.1) is 0 Å². The van der Waals surface area contributed by atoms with E-state index in [1.165, 1.54) is 0 Å². The maximum atomic E-state index is 6.12. The van der Waals surface area contributed by atoms with Gasteiger partial charge in [-0.1, -0.05) is 58.7 Å². The Morgan fingerprint density at radius 2 is 2.13 bits per heavy atom. The van der Waals surface area contributed by atoms with Gasteiger partial charge in [-0.05, 0) is 11.5 Å². The smallest absolute Gasteiger partial charge is 0.137 e. The summed E-state index contributed by atoms with van der Waals surface area (Å²) in [4.78, 5) is 4.80. The van der Waals surface area contributed by atoms with Crippen molar-refractivity contribution in [1.29, 1.82) is 0 Å². The van der Waals surface area contributed by atoms with Crippen molar-refractivity contribution in [2.45, 2.75) is 18.2 Å². The molecular formula is C12H11BrClN. The maximum absolute atomic E-state index is 6.12. The summed E-state index contributed by atoms with van der Waals surface area (Å²) >= 11 is 9.64. The van der Waals surface area contributed by atoms with Crippen molar-refractivity contribution in [2.75, 3.05) is 0 Å². The van der Waals surface area contributed by atoms with Crippen molar-refractivity contribution in [2.24, 2.45) is 0 Å². The quantitative estimate of drug-likeness (QED) is 0.594. The molecule has 1 heterocycles. The molecule has 0 radical (unpaired) electrons. The monoisotopic (exact) mass is 283 g/mol. The second-order valence-corrected chi connectivity index (χ2v) is 5.53. The zero-order chi connectivity index (χ0) is 10.8. The molecule has 0 aliphatic heterocycles. The van der Waals surface area contributed by atoms with Gasteiger partial charge >= 0.3 is 0 Å². The van der Waals surface area contributed by atoms with Crippen LogP contribution < -0.4 is 0 Å². The summed E-state index contributed by atoms with van der Waals surface area (Å²) in [5.74, 6) is 0. The van der Waals surface area contributed by atoms with E-state index in [1.54, 1.807) is 0 Å². The van der Waals surface area contributed by atoms with Crippen molar-refractivity contribution in [1.82, 2.24) is 4.98 Å². The predicted octanol–water partition coefficient (Wildman–Crippen LogP) is 4.21. The molecule has 0 saturated heterocycles. The van der Waals surface area contributed by atoms with Gasteiger partial charge in [0.25, 0.3) is 0 Å². The Morgan fingerprint density at radius 1 is 1.40 bits per heavy atom. The second-order valence-electron chi connectivity index (χ2n) is 3.61. The molecular weight excluding hydrogens is 273 g/mol. The first-order chi connectivity index (χ1) is 7.16. The SMILES string of the molecule is CC(Br)Cc1cc2ccccc2c(Cl)n1. The van der Waals surface area contributed by atoms with E-state index in [2.05, 4.69) is 40.0 Å². The number of aromatic nitrogens is 1. The van der Waals surface area contributed by atoms with Crippen LogP contribution in [0, 0.1) is 0 Å². The van der Waals surface area contributed by atoms with E-state index in [1.807, 2.05) is 18.2 Å². The number of hydrogen-bond acceptors (Lipinski definition) is 1. The normalized spacial score (nSPS) is 13.0. The van der Waals surface area contributed by atoms with E-state index in [0.717, 1.165) is 22.9 Å². The highest BCUT2D eigenvalue weighted by molar-refractivity contribution is 9.09. The highest BCUT2D eigenvalue weighted by Gasteiger charge is 2.05. The molecule has 0 aliphatic rings. The van der Waals surface area contributed by atoms with Crippen LogP contribution in [0.3, 0.4) is 0 Å². The fourth-order valence-corrected chi connectivity index (χ4v) is 2.21. The van der Waals surface area contributed by atoms with Crippen LogP contribution in [0.5, 0.6) is 0 Å². The molecule has 1 aromatic heterocycles.